The van der Waals surface area contributed by atoms with Gasteiger partial charge in [0.1, 0.15) is 0 Å². The van der Waals surface area contributed by atoms with Crippen molar-refractivity contribution in [1.29, 1.82) is 0 Å². The summed E-state index contributed by atoms with van der Waals surface area (Å²) in [5, 5.41) is 0. The van der Waals surface area contributed by atoms with E-state index in [-0.39, 0.29) is 82.2 Å². The third-order valence-corrected chi connectivity index (χ3v) is 8.59. The molecule has 8 atom stereocenters. The fourth-order valence-corrected chi connectivity index (χ4v) is 6.86. The maximum atomic E-state index is 12.0. The number of hydrogen-bond acceptors (Lipinski definition) is 2. The van der Waals surface area contributed by atoms with E-state index in [1.165, 1.54) is 6.42 Å². The molecule has 1 aliphatic heterocycles. The summed E-state index contributed by atoms with van der Waals surface area (Å²) >= 11 is 0. The van der Waals surface area contributed by atoms with Gasteiger partial charge in [0.05, 0.1) is 0 Å². The van der Waals surface area contributed by atoms with Gasteiger partial charge in [0.2, 0.25) is 0 Å². The van der Waals surface area contributed by atoms with Crippen LogP contribution in [0.2, 0.25) is 0 Å². The van der Waals surface area contributed by atoms with Gasteiger partial charge in [0, 0.05) is 78.6 Å². The zero-order valence-corrected chi connectivity index (χ0v) is 23.9. The Morgan fingerprint density at radius 3 is 2.48 bits per heavy atom. The smallest absolute Gasteiger partial charge is 0.0497 e. The minimum absolute atomic E-state index is 0. The first-order valence-electron chi connectivity index (χ1n) is 10.4. The van der Waals surface area contributed by atoms with E-state index < -0.39 is 0 Å². The monoisotopic (exact) mass is 523 g/mol. The SMILES string of the molecule is CC1=CC(C)C(C)C2[C@@]1(C)CC[C@H]([C-]=O)[C@]2(C)CC(C)C1CCOC1.[Y].[Y]. The Hall–Kier alpha value is 1.58. The molecule has 3 aliphatic rings. The van der Waals surface area contributed by atoms with E-state index in [0.29, 0.717) is 29.6 Å². The van der Waals surface area contributed by atoms with Crippen molar-refractivity contribution in [2.24, 2.45) is 46.3 Å². The average Bonchev–Trinajstić information content (AvgIpc) is 3.08. The summed E-state index contributed by atoms with van der Waals surface area (Å²) in [6, 6.07) is 0. The molecule has 2 radical (unpaired) electrons. The van der Waals surface area contributed by atoms with E-state index in [1.807, 2.05) is 0 Å². The maximum Gasteiger partial charge on any atom is 0.0497 e. The van der Waals surface area contributed by atoms with E-state index in [0.717, 1.165) is 32.5 Å². The Bertz CT molecular complexity index is 542. The Kier molecular flexibility index (Phi) is 10.1. The summed E-state index contributed by atoms with van der Waals surface area (Å²) in [7, 11) is 0. The van der Waals surface area contributed by atoms with Gasteiger partial charge < -0.3 is 9.53 Å². The second-order valence-electron chi connectivity index (χ2n) is 9.98. The standard InChI is InChI=1S/C23H37O2.2Y/c1-15-11-17(3)22(5)9-7-20(13-24)23(6,21(22)18(15)4)12-16(2)19-8-10-25-14-19;;/h11,15-16,18-21H,7-10,12,14H2,1-6H3;;/q-1;;/t15?,16?,18?,19?,20-,21?,22+,23+;;/m1../s1. The largest absolute Gasteiger partial charge is 0.541 e. The predicted octanol–water partition coefficient (Wildman–Crippen LogP) is 5.42. The van der Waals surface area contributed by atoms with Gasteiger partial charge in [-0.05, 0) is 66.6 Å². The van der Waals surface area contributed by atoms with Gasteiger partial charge in [-0.3, -0.25) is 6.29 Å². The number of carbonyl (C=O) groups excluding carboxylic acids is 1. The van der Waals surface area contributed by atoms with Gasteiger partial charge in [0.25, 0.3) is 0 Å². The van der Waals surface area contributed by atoms with E-state index in [9.17, 15) is 4.79 Å². The molecule has 0 aromatic heterocycles. The van der Waals surface area contributed by atoms with Gasteiger partial charge >= 0.3 is 0 Å². The van der Waals surface area contributed by atoms with Crippen LogP contribution in [0.4, 0.5) is 0 Å². The minimum Gasteiger partial charge on any atom is -0.541 e. The van der Waals surface area contributed by atoms with Crippen molar-refractivity contribution >= 4 is 6.29 Å². The summed E-state index contributed by atoms with van der Waals surface area (Å²) in [6.07, 6.45) is 9.43. The zero-order chi connectivity index (χ0) is 18.4. The number of fused-ring (bicyclic) bond motifs is 1. The van der Waals surface area contributed by atoms with E-state index in [4.69, 9.17) is 4.74 Å². The third-order valence-electron chi connectivity index (χ3n) is 8.59. The van der Waals surface area contributed by atoms with Crippen LogP contribution in [-0.4, -0.2) is 19.5 Å². The first-order chi connectivity index (χ1) is 11.7. The summed E-state index contributed by atoms with van der Waals surface area (Å²) in [6.45, 7) is 16.2. The molecule has 1 saturated heterocycles. The molecule has 0 spiro atoms. The molecule has 1 heterocycles. The minimum atomic E-state index is 0. The molecule has 2 aliphatic carbocycles. The topological polar surface area (TPSA) is 26.3 Å². The fourth-order valence-electron chi connectivity index (χ4n) is 6.86. The maximum absolute atomic E-state index is 12.0. The normalized spacial score (nSPS) is 45.0. The first kappa shape index (κ1) is 26.6. The molecule has 2 fully saturated rings. The van der Waals surface area contributed by atoms with Crippen LogP contribution in [0.3, 0.4) is 0 Å². The molecule has 4 heteroatoms. The molecule has 3 rings (SSSR count). The van der Waals surface area contributed by atoms with Crippen LogP contribution >= 0.6 is 0 Å². The molecular weight excluding hydrogens is 486 g/mol. The van der Waals surface area contributed by atoms with Gasteiger partial charge in [-0.1, -0.05) is 52.7 Å². The van der Waals surface area contributed by atoms with E-state index in [2.05, 4.69) is 53.9 Å². The van der Waals surface area contributed by atoms with Crippen molar-refractivity contribution in [3.8, 4) is 0 Å². The number of hydrogen-bond donors (Lipinski definition) is 0. The molecule has 1 saturated carbocycles. The number of ether oxygens (including phenoxy) is 1. The summed E-state index contributed by atoms with van der Waals surface area (Å²) in [5.74, 6) is 3.11. The molecule has 27 heavy (non-hydrogen) atoms. The first-order valence-corrected chi connectivity index (χ1v) is 10.4. The predicted molar refractivity (Wildman–Crippen MR) is 103 cm³/mol. The van der Waals surface area contributed by atoms with Crippen LogP contribution in [0, 0.1) is 46.3 Å². The zero-order valence-electron chi connectivity index (χ0n) is 18.3. The fraction of sp³-hybridized carbons (Fsp3) is 0.870. The van der Waals surface area contributed by atoms with Crippen molar-refractivity contribution in [2.45, 2.75) is 67.2 Å². The Labute approximate surface area is 217 Å². The van der Waals surface area contributed by atoms with Crippen molar-refractivity contribution < 1.29 is 74.9 Å². The third kappa shape index (κ3) is 4.76. The second kappa shape index (κ2) is 10.3. The Morgan fingerprint density at radius 2 is 1.93 bits per heavy atom. The number of allylic oxidation sites excluding steroid dienone is 2. The van der Waals surface area contributed by atoms with Crippen LogP contribution in [0.15, 0.2) is 11.6 Å². The van der Waals surface area contributed by atoms with Crippen LogP contribution in [0.5, 0.6) is 0 Å². The summed E-state index contributed by atoms with van der Waals surface area (Å²) in [5.41, 5.74) is 1.83. The van der Waals surface area contributed by atoms with Gasteiger partial charge in [-0.2, -0.15) is 0 Å². The Balaban J connectivity index is 0.00000182. The van der Waals surface area contributed by atoms with Crippen molar-refractivity contribution in [3.63, 3.8) is 0 Å². The van der Waals surface area contributed by atoms with Crippen LogP contribution in [-0.2, 0) is 74.9 Å². The van der Waals surface area contributed by atoms with Gasteiger partial charge in [0.15, 0.2) is 0 Å². The van der Waals surface area contributed by atoms with Crippen molar-refractivity contribution in [2.75, 3.05) is 13.2 Å². The van der Waals surface area contributed by atoms with Gasteiger partial charge in [-0.25, -0.2) is 0 Å². The second-order valence-corrected chi connectivity index (χ2v) is 9.98. The van der Waals surface area contributed by atoms with Crippen LogP contribution in [0.1, 0.15) is 67.2 Å². The van der Waals surface area contributed by atoms with E-state index in [1.54, 1.807) is 5.57 Å². The molecule has 148 valence electrons. The average molecular weight is 523 g/mol. The molecule has 0 aromatic rings. The summed E-state index contributed by atoms with van der Waals surface area (Å²) in [4.78, 5) is 12.0. The molecule has 0 N–H and O–H groups in total. The van der Waals surface area contributed by atoms with Crippen LogP contribution < -0.4 is 0 Å². The molecule has 0 bridgehead atoms. The summed E-state index contributed by atoms with van der Waals surface area (Å²) < 4.78 is 5.65. The quantitative estimate of drug-likeness (QED) is 0.363. The van der Waals surface area contributed by atoms with Crippen molar-refractivity contribution in [3.05, 3.63) is 11.6 Å². The molecule has 5 unspecified atom stereocenters. The van der Waals surface area contributed by atoms with Gasteiger partial charge in [-0.15, -0.1) is 5.92 Å². The number of rotatable bonds is 4. The van der Waals surface area contributed by atoms with Crippen LogP contribution in [0.25, 0.3) is 0 Å². The Morgan fingerprint density at radius 1 is 1.26 bits per heavy atom. The molecular formula is C23H37O2Y2-. The molecule has 0 aromatic carbocycles. The van der Waals surface area contributed by atoms with Crippen molar-refractivity contribution in [1.82, 2.24) is 0 Å². The molecule has 0 amide bonds. The van der Waals surface area contributed by atoms with E-state index >= 15 is 0 Å². The molecule has 2 nitrogen and oxygen atoms in total.